The van der Waals surface area contributed by atoms with Gasteiger partial charge in [0, 0.05) is 36.8 Å². The highest BCUT2D eigenvalue weighted by Crippen LogP contribution is 2.28. The van der Waals surface area contributed by atoms with Crippen LogP contribution in [0, 0.1) is 5.82 Å². The third-order valence-corrected chi connectivity index (χ3v) is 4.02. The van der Waals surface area contributed by atoms with Gasteiger partial charge in [-0.05, 0) is 40.7 Å². The molecule has 2 aromatic heterocycles. The van der Waals surface area contributed by atoms with Crippen LogP contribution in [0.3, 0.4) is 0 Å². The van der Waals surface area contributed by atoms with E-state index in [1.165, 1.54) is 11.3 Å². The molecule has 2 aromatic rings. The Morgan fingerprint density at radius 3 is 2.44 bits per heavy atom. The van der Waals surface area contributed by atoms with E-state index in [0.29, 0.717) is 36.7 Å². The molecule has 5 nitrogen and oxygen atoms in total. The Kier molecular flexibility index (Phi) is 6.87. The van der Waals surface area contributed by atoms with Gasteiger partial charge >= 0.3 is 0 Å². The summed E-state index contributed by atoms with van der Waals surface area (Å²) in [5.41, 5.74) is 1.01. The number of ether oxygens (including phenoxy) is 2. The van der Waals surface area contributed by atoms with Gasteiger partial charge in [0.2, 0.25) is 6.29 Å². The van der Waals surface area contributed by atoms with E-state index in [-0.39, 0.29) is 11.4 Å². The Morgan fingerprint density at radius 2 is 1.92 bits per heavy atom. The summed E-state index contributed by atoms with van der Waals surface area (Å²) in [6.07, 6.45) is 1.42. The standard InChI is InChI=1S/C18H26FN3O2S/c1-6-23-17(24-7-2)14-10-13(22-18(3,4)5)16(19)12(21-14)11-15-20-8-9-25-15/h8-10,17H,6-7,11H2,1-5H3,(H,21,22). The molecule has 0 fully saturated rings. The van der Waals surface area contributed by atoms with Crippen LogP contribution in [0.5, 0.6) is 0 Å². The molecular formula is C18H26FN3O2S. The number of anilines is 1. The van der Waals surface area contributed by atoms with Crippen LogP contribution < -0.4 is 5.32 Å². The van der Waals surface area contributed by atoms with Crippen LogP contribution >= 0.6 is 11.3 Å². The lowest BCUT2D eigenvalue weighted by Gasteiger charge is -2.25. The molecule has 25 heavy (non-hydrogen) atoms. The van der Waals surface area contributed by atoms with Crippen LogP contribution in [-0.4, -0.2) is 28.7 Å². The summed E-state index contributed by atoms with van der Waals surface area (Å²) in [7, 11) is 0. The number of aromatic nitrogens is 2. The van der Waals surface area contributed by atoms with Crippen LogP contribution in [0.15, 0.2) is 17.6 Å². The summed E-state index contributed by atoms with van der Waals surface area (Å²) in [5, 5.41) is 5.89. The van der Waals surface area contributed by atoms with Crippen molar-refractivity contribution in [3.63, 3.8) is 0 Å². The second kappa shape index (κ2) is 8.69. The van der Waals surface area contributed by atoms with E-state index in [1.807, 2.05) is 40.0 Å². The molecule has 0 saturated carbocycles. The Labute approximate surface area is 152 Å². The fourth-order valence-corrected chi connectivity index (χ4v) is 2.96. The monoisotopic (exact) mass is 367 g/mol. The Hall–Kier alpha value is -1.57. The Bertz CT molecular complexity index is 666. The van der Waals surface area contributed by atoms with Gasteiger partial charge in [-0.25, -0.2) is 14.4 Å². The maximum absolute atomic E-state index is 15.0. The van der Waals surface area contributed by atoms with Gasteiger partial charge < -0.3 is 14.8 Å². The largest absolute Gasteiger partial charge is 0.378 e. The second-order valence-corrected chi connectivity index (χ2v) is 7.55. The summed E-state index contributed by atoms with van der Waals surface area (Å²) >= 11 is 1.48. The molecule has 0 spiro atoms. The van der Waals surface area contributed by atoms with Gasteiger partial charge in [-0.3, -0.25) is 0 Å². The normalized spacial score (nSPS) is 12.0. The van der Waals surface area contributed by atoms with Crippen molar-refractivity contribution in [1.82, 2.24) is 9.97 Å². The molecular weight excluding hydrogens is 341 g/mol. The maximum atomic E-state index is 15.0. The molecule has 0 aliphatic heterocycles. The van der Waals surface area contributed by atoms with E-state index in [0.717, 1.165) is 5.01 Å². The number of nitrogens with one attached hydrogen (secondary N) is 1. The van der Waals surface area contributed by atoms with Crippen molar-refractivity contribution in [2.45, 2.75) is 52.9 Å². The summed E-state index contributed by atoms with van der Waals surface area (Å²) in [6.45, 7) is 10.7. The number of hydrogen-bond donors (Lipinski definition) is 1. The molecule has 7 heteroatoms. The van der Waals surface area contributed by atoms with Gasteiger partial charge in [-0.15, -0.1) is 11.3 Å². The fraction of sp³-hybridized carbons (Fsp3) is 0.556. The molecule has 0 aliphatic rings. The number of nitrogens with zero attached hydrogens (tertiary/aromatic N) is 2. The number of rotatable bonds is 8. The summed E-state index contributed by atoms with van der Waals surface area (Å²) < 4.78 is 26.3. The first-order valence-corrected chi connectivity index (χ1v) is 9.31. The minimum Gasteiger partial charge on any atom is -0.378 e. The van der Waals surface area contributed by atoms with Crippen molar-refractivity contribution < 1.29 is 13.9 Å². The number of thiazole rings is 1. The van der Waals surface area contributed by atoms with Crippen molar-refractivity contribution in [2.24, 2.45) is 0 Å². The van der Waals surface area contributed by atoms with Crippen molar-refractivity contribution in [3.8, 4) is 0 Å². The molecule has 2 heterocycles. The SMILES string of the molecule is CCOC(OCC)c1cc(NC(C)(C)C)c(F)c(Cc2nccs2)n1. The quantitative estimate of drug-likeness (QED) is 0.694. The zero-order valence-corrected chi connectivity index (χ0v) is 16.2. The fourth-order valence-electron chi connectivity index (χ4n) is 2.34. The topological polar surface area (TPSA) is 56.3 Å². The first kappa shape index (κ1) is 19.8. The van der Waals surface area contributed by atoms with E-state index in [1.54, 1.807) is 12.3 Å². The van der Waals surface area contributed by atoms with Gasteiger partial charge in [-0.1, -0.05) is 0 Å². The molecule has 0 bridgehead atoms. The average molecular weight is 367 g/mol. The number of hydrogen-bond acceptors (Lipinski definition) is 6. The molecule has 0 aromatic carbocycles. The van der Waals surface area contributed by atoms with E-state index in [4.69, 9.17) is 9.47 Å². The van der Waals surface area contributed by atoms with Gasteiger partial charge in [-0.2, -0.15) is 0 Å². The maximum Gasteiger partial charge on any atom is 0.201 e. The molecule has 0 radical (unpaired) electrons. The number of halogens is 1. The highest BCUT2D eigenvalue weighted by molar-refractivity contribution is 7.09. The number of pyridine rings is 1. The minimum absolute atomic E-state index is 0.287. The smallest absolute Gasteiger partial charge is 0.201 e. The average Bonchev–Trinajstić information content (AvgIpc) is 3.02. The summed E-state index contributed by atoms with van der Waals surface area (Å²) in [4.78, 5) is 8.71. The van der Waals surface area contributed by atoms with Gasteiger partial charge in [0.05, 0.1) is 22.1 Å². The van der Waals surface area contributed by atoms with Gasteiger partial charge in [0.25, 0.3) is 0 Å². The molecule has 0 saturated heterocycles. The lowest BCUT2D eigenvalue weighted by atomic mass is 10.1. The highest BCUT2D eigenvalue weighted by Gasteiger charge is 2.22. The molecule has 0 amide bonds. The zero-order valence-electron chi connectivity index (χ0n) is 15.4. The highest BCUT2D eigenvalue weighted by atomic mass is 32.1. The predicted molar refractivity (Wildman–Crippen MR) is 98.5 cm³/mol. The van der Waals surface area contributed by atoms with Gasteiger partial charge in [0.1, 0.15) is 0 Å². The van der Waals surface area contributed by atoms with E-state index in [2.05, 4.69) is 15.3 Å². The molecule has 2 rings (SSSR count). The van der Waals surface area contributed by atoms with Crippen molar-refractivity contribution in [1.29, 1.82) is 0 Å². The van der Waals surface area contributed by atoms with Crippen molar-refractivity contribution in [3.05, 3.63) is 39.9 Å². The molecule has 138 valence electrons. The van der Waals surface area contributed by atoms with Crippen LogP contribution in [0.4, 0.5) is 10.1 Å². The van der Waals surface area contributed by atoms with E-state index in [9.17, 15) is 4.39 Å². The summed E-state index contributed by atoms with van der Waals surface area (Å²) in [5.74, 6) is -0.361. The van der Waals surface area contributed by atoms with E-state index >= 15 is 0 Å². The molecule has 0 aliphatic carbocycles. The third-order valence-electron chi connectivity index (χ3n) is 3.24. The first-order chi connectivity index (χ1) is 11.8. The van der Waals surface area contributed by atoms with Crippen LogP contribution in [-0.2, 0) is 15.9 Å². The molecule has 0 unspecified atom stereocenters. The predicted octanol–water partition coefficient (Wildman–Crippen LogP) is 4.55. The van der Waals surface area contributed by atoms with E-state index < -0.39 is 6.29 Å². The lowest BCUT2D eigenvalue weighted by Crippen LogP contribution is -2.27. The van der Waals surface area contributed by atoms with Crippen LogP contribution in [0.2, 0.25) is 0 Å². The van der Waals surface area contributed by atoms with Crippen molar-refractivity contribution in [2.75, 3.05) is 18.5 Å². The lowest BCUT2D eigenvalue weighted by molar-refractivity contribution is -0.142. The third kappa shape index (κ3) is 5.73. The van der Waals surface area contributed by atoms with Gasteiger partial charge in [0.15, 0.2) is 5.82 Å². The Morgan fingerprint density at radius 1 is 1.24 bits per heavy atom. The summed E-state index contributed by atoms with van der Waals surface area (Å²) in [6, 6.07) is 1.67. The Balaban J connectivity index is 2.45. The second-order valence-electron chi connectivity index (χ2n) is 6.58. The van der Waals surface area contributed by atoms with Crippen LogP contribution in [0.1, 0.15) is 57.3 Å². The van der Waals surface area contributed by atoms with Crippen LogP contribution in [0.25, 0.3) is 0 Å². The molecule has 1 N–H and O–H groups in total. The first-order valence-electron chi connectivity index (χ1n) is 8.43. The minimum atomic E-state index is -0.619. The zero-order chi connectivity index (χ0) is 18.4. The van der Waals surface area contributed by atoms with Crippen molar-refractivity contribution >= 4 is 17.0 Å². The molecule has 0 atom stereocenters.